The Morgan fingerprint density at radius 3 is 2.59 bits per heavy atom. The van der Waals surface area contributed by atoms with Crippen molar-refractivity contribution >= 4 is 51.1 Å². The number of hydrogen-bond donors (Lipinski definition) is 3. The molecule has 0 saturated carbocycles. The van der Waals surface area contributed by atoms with Gasteiger partial charge in [0.15, 0.2) is 5.82 Å². The van der Waals surface area contributed by atoms with Gasteiger partial charge in [0.2, 0.25) is 11.8 Å². The molecule has 3 aromatic carbocycles. The largest absolute Gasteiger partial charge is 0.508 e. The minimum Gasteiger partial charge on any atom is -0.508 e. The zero-order valence-electron chi connectivity index (χ0n) is 34.2. The summed E-state index contributed by atoms with van der Waals surface area (Å²) >= 11 is 0. The van der Waals surface area contributed by atoms with Crippen LogP contribution in [0.15, 0.2) is 54.7 Å². The molecule has 2 aromatic heterocycles. The molecule has 6 aliphatic heterocycles. The van der Waals surface area contributed by atoms with Crippen molar-refractivity contribution < 1.29 is 38.1 Å². The van der Waals surface area contributed by atoms with E-state index in [0.717, 1.165) is 50.0 Å². The van der Waals surface area contributed by atoms with Gasteiger partial charge >= 0.3 is 6.01 Å². The van der Waals surface area contributed by atoms with Crippen LogP contribution in [0.5, 0.6) is 17.5 Å². The SMILES string of the molecule is C#Cc1cccc2cc(O)cc(-c3ncc4c(N5C[C@H]6CC[C@@H](C5)N6)nc(OC[C@@]56CCCN5C(COc5cccc7c5C(=O)N(C5CCC(=O)NC5=O)C7=O)CC6)nc4c3F)c12. The van der Waals surface area contributed by atoms with Crippen molar-refractivity contribution in [1.82, 2.24) is 35.4 Å². The number of pyridine rings is 1. The fourth-order valence-corrected chi connectivity index (χ4v) is 11.0. The third kappa shape index (κ3) is 6.43. The highest BCUT2D eigenvalue weighted by molar-refractivity contribution is 6.24. The van der Waals surface area contributed by atoms with Gasteiger partial charge in [-0.15, -0.1) is 6.42 Å². The lowest BCUT2D eigenvalue weighted by molar-refractivity contribution is -0.136. The number of amides is 4. The Morgan fingerprint density at radius 2 is 1.78 bits per heavy atom. The molecule has 5 saturated heterocycles. The number of phenols is 1. The number of terminal acetylenes is 1. The number of hydrogen-bond acceptors (Lipinski definition) is 13. The average molecular weight is 851 g/mol. The van der Waals surface area contributed by atoms with Gasteiger partial charge in [0, 0.05) is 60.3 Å². The molecule has 16 heteroatoms. The van der Waals surface area contributed by atoms with Crippen molar-refractivity contribution in [1.29, 1.82) is 0 Å². The number of ether oxygens (including phenoxy) is 2. The monoisotopic (exact) mass is 850 g/mol. The fourth-order valence-electron chi connectivity index (χ4n) is 11.0. The summed E-state index contributed by atoms with van der Waals surface area (Å²) in [5.41, 5.74) is 0.847. The molecule has 2 bridgehead atoms. The van der Waals surface area contributed by atoms with E-state index in [4.69, 9.17) is 25.9 Å². The highest BCUT2D eigenvalue weighted by Crippen LogP contribution is 2.44. The van der Waals surface area contributed by atoms with Crippen molar-refractivity contribution in [2.45, 2.75) is 81.1 Å². The zero-order chi connectivity index (χ0) is 43.1. The summed E-state index contributed by atoms with van der Waals surface area (Å²) < 4.78 is 30.1. The van der Waals surface area contributed by atoms with Crippen LogP contribution in [-0.2, 0) is 9.59 Å². The number of nitrogens with one attached hydrogen (secondary N) is 2. The van der Waals surface area contributed by atoms with Crippen LogP contribution in [0.1, 0.15) is 77.6 Å². The van der Waals surface area contributed by atoms with Crippen LogP contribution in [0, 0.1) is 18.2 Å². The molecule has 0 radical (unpaired) electrons. The standard InChI is InChI=1S/C47H43FN8O7/c1-2-25-6-3-7-26-18-30(57)19-32(37(25)26)40-39(48)41-33(20-49-40)42(54-21-27-10-11-28(22-54)50-27)53-46(52-41)63-24-47-15-5-17-55(47)29(14-16-47)23-62-35-9-4-8-31-38(35)45(61)56(44(31)60)34-12-13-36(58)51-43(34)59/h1,3-4,6-9,18-20,27-29,34,50,57H,5,10-17,21-24H2,(H,51,58,59)/t27-,28+,29?,34?,47-/m0/s1. The molecule has 63 heavy (non-hydrogen) atoms. The van der Waals surface area contributed by atoms with Crippen LogP contribution in [0.25, 0.3) is 32.9 Å². The van der Waals surface area contributed by atoms with Crippen molar-refractivity contribution in [2.24, 2.45) is 0 Å². The number of carbonyl (C=O) groups is 4. The molecule has 320 valence electrons. The number of phenolic OH excluding ortho intramolecular Hbond substituents is 1. The number of halogens is 1. The molecule has 2 unspecified atom stereocenters. The van der Waals surface area contributed by atoms with E-state index in [1.165, 1.54) is 6.07 Å². The molecule has 5 atom stereocenters. The first-order chi connectivity index (χ1) is 30.6. The van der Waals surface area contributed by atoms with Gasteiger partial charge in [-0.3, -0.25) is 39.3 Å². The maximum Gasteiger partial charge on any atom is 0.319 e. The van der Waals surface area contributed by atoms with Crippen molar-refractivity contribution in [3.63, 3.8) is 0 Å². The van der Waals surface area contributed by atoms with Crippen LogP contribution in [0.4, 0.5) is 10.2 Å². The lowest BCUT2D eigenvalue weighted by Gasteiger charge is -2.35. The van der Waals surface area contributed by atoms with E-state index in [0.29, 0.717) is 46.2 Å². The summed E-state index contributed by atoms with van der Waals surface area (Å²) in [5.74, 6) is 0.458. The van der Waals surface area contributed by atoms with E-state index in [1.54, 1.807) is 42.6 Å². The van der Waals surface area contributed by atoms with Crippen molar-refractivity contribution in [3.8, 4) is 41.1 Å². The quantitative estimate of drug-likeness (QED) is 0.140. The third-order valence-electron chi connectivity index (χ3n) is 13.9. The maximum absolute atomic E-state index is 17.2. The first kappa shape index (κ1) is 39.2. The Balaban J connectivity index is 0.873. The lowest BCUT2D eigenvalue weighted by atomic mass is 9.95. The van der Waals surface area contributed by atoms with E-state index < -0.39 is 35.5 Å². The summed E-state index contributed by atoms with van der Waals surface area (Å²) in [6, 6.07) is 12.8. The van der Waals surface area contributed by atoms with E-state index in [9.17, 15) is 24.3 Å². The Hall–Kier alpha value is -6.70. The number of imide groups is 2. The molecule has 5 fully saturated rings. The van der Waals surface area contributed by atoms with E-state index in [1.807, 2.05) is 6.07 Å². The maximum atomic E-state index is 17.2. The predicted molar refractivity (Wildman–Crippen MR) is 228 cm³/mol. The molecular formula is C47H43FN8O7. The van der Waals surface area contributed by atoms with E-state index >= 15 is 4.39 Å². The topological polar surface area (TPSA) is 179 Å². The molecule has 6 aliphatic rings. The van der Waals surface area contributed by atoms with Gasteiger partial charge in [-0.1, -0.05) is 24.1 Å². The Morgan fingerprint density at radius 1 is 0.952 bits per heavy atom. The molecule has 0 aliphatic carbocycles. The van der Waals surface area contributed by atoms with Crippen LogP contribution in [0.2, 0.25) is 0 Å². The number of aromatic nitrogens is 3. The van der Waals surface area contributed by atoms with Gasteiger partial charge in [0.05, 0.1) is 22.1 Å². The van der Waals surface area contributed by atoms with Gasteiger partial charge in [-0.2, -0.15) is 9.97 Å². The van der Waals surface area contributed by atoms with Gasteiger partial charge in [-0.25, -0.2) is 4.39 Å². The highest BCUT2D eigenvalue weighted by atomic mass is 19.1. The first-order valence-corrected chi connectivity index (χ1v) is 21.6. The second kappa shape index (κ2) is 15.0. The Kier molecular flexibility index (Phi) is 9.32. The van der Waals surface area contributed by atoms with Gasteiger partial charge in [-0.05, 0) is 87.2 Å². The summed E-state index contributed by atoms with van der Waals surface area (Å²) in [6.07, 6.45) is 13.0. The Labute approximate surface area is 361 Å². The summed E-state index contributed by atoms with van der Waals surface area (Å²) in [6.45, 7) is 2.66. The molecule has 8 heterocycles. The minimum atomic E-state index is -1.08. The van der Waals surface area contributed by atoms with Crippen LogP contribution in [0.3, 0.4) is 0 Å². The molecular weight excluding hydrogens is 808 g/mol. The molecule has 11 rings (SSSR count). The van der Waals surface area contributed by atoms with Crippen LogP contribution >= 0.6 is 0 Å². The fraction of sp³-hybridized carbons (Fsp3) is 0.383. The average Bonchev–Trinajstić information content (AvgIpc) is 4.02. The Bertz CT molecular complexity index is 2840. The van der Waals surface area contributed by atoms with Gasteiger partial charge in [0.25, 0.3) is 11.8 Å². The number of piperidine rings is 1. The molecule has 4 amide bonds. The molecule has 5 aromatic rings. The van der Waals surface area contributed by atoms with Gasteiger partial charge < -0.3 is 24.8 Å². The molecule has 15 nitrogen and oxygen atoms in total. The molecule has 0 spiro atoms. The number of anilines is 1. The normalized spacial score (nSPS) is 25.5. The van der Waals surface area contributed by atoms with Crippen LogP contribution < -0.4 is 25.0 Å². The number of benzene rings is 3. The van der Waals surface area contributed by atoms with Gasteiger partial charge in [0.1, 0.15) is 47.8 Å². The second-order valence-electron chi connectivity index (χ2n) is 17.5. The number of carbonyl (C=O) groups excluding carboxylic acids is 4. The number of rotatable bonds is 9. The highest BCUT2D eigenvalue weighted by Gasteiger charge is 2.51. The second-order valence-corrected chi connectivity index (χ2v) is 17.5. The summed E-state index contributed by atoms with van der Waals surface area (Å²) in [4.78, 5) is 71.4. The van der Waals surface area contributed by atoms with Crippen molar-refractivity contribution in [3.05, 3.63) is 77.2 Å². The smallest absolute Gasteiger partial charge is 0.319 e. The van der Waals surface area contributed by atoms with E-state index in [2.05, 4.69) is 31.3 Å². The lowest BCUT2D eigenvalue weighted by Crippen LogP contribution is -2.54. The molecule has 3 N–H and O–H groups in total. The third-order valence-corrected chi connectivity index (χ3v) is 13.9. The number of fused-ring (bicyclic) bond motifs is 6. The zero-order valence-corrected chi connectivity index (χ0v) is 34.2. The predicted octanol–water partition coefficient (Wildman–Crippen LogP) is 4.47. The van der Waals surface area contributed by atoms with E-state index in [-0.39, 0.29) is 89.6 Å². The van der Waals surface area contributed by atoms with Crippen molar-refractivity contribution in [2.75, 3.05) is 37.7 Å². The summed E-state index contributed by atoms with van der Waals surface area (Å²) in [7, 11) is 0. The number of piperazine rings is 1. The first-order valence-electron chi connectivity index (χ1n) is 21.6. The minimum absolute atomic E-state index is 0.0000763. The summed E-state index contributed by atoms with van der Waals surface area (Å²) in [5, 5.41) is 18.3. The number of nitrogens with zero attached hydrogens (tertiary/aromatic N) is 6. The number of aromatic hydroxyl groups is 1. The van der Waals surface area contributed by atoms with Crippen LogP contribution in [-0.4, -0.2) is 116 Å².